The van der Waals surface area contributed by atoms with E-state index in [0.29, 0.717) is 6.54 Å². The number of benzene rings is 1. The topological polar surface area (TPSA) is 61.7 Å². The normalized spacial score (nSPS) is 11.3. The fraction of sp³-hybridized carbons (Fsp3) is 0.286. The number of rotatable bonds is 4. The van der Waals surface area contributed by atoms with Crippen LogP contribution < -0.4 is 5.73 Å². The summed E-state index contributed by atoms with van der Waals surface area (Å²) in [5, 5.41) is 4.21. The van der Waals surface area contributed by atoms with Gasteiger partial charge in [-0.3, -0.25) is 4.68 Å². The number of aryl methyl sites for hydroxylation is 1. The van der Waals surface area contributed by atoms with Crippen LogP contribution in [0.3, 0.4) is 0 Å². The molecule has 0 bridgehead atoms. The van der Waals surface area contributed by atoms with Crippen molar-refractivity contribution in [3.05, 3.63) is 48.0 Å². The van der Waals surface area contributed by atoms with Crippen molar-refractivity contribution in [2.24, 2.45) is 12.8 Å². The first-order chi connectivity index (χ1) is 9.28. The molecule has 2 aromatic heterocycles. The van der Waals surface area contributed by atoms with Crippen LogP contribution in [0.25, 0.3) is 11.0 Å². The maximum Gasteiger partial charge on any atom is 0.111 e. The third-order valence-corrected chi connectivity index (χ3v) is 3.20. The molecule has 0 amide bonds. The molecule has 5 nitrogen and oxygen atoms in total. The second-order valence-corrected chi connectivity index (χ2v) is 4.66. The quantitative estimate of drug-likeness (QED) is 0.764. The molecule has 2 N–H and O–H groups in total. The van der Waals surface area contributed by atoms with Crippen molar-refractivity contribution in [3.8, 4) is 0 Å². The highest BCUT2D eigenvalue weighted by Gasteiger charge is 2.10. The van der Waals surface area contributed by atoms with Crippen molar-refractivity contribution < 1.29 is 0 Å². The minimum atomic E-state index is 0.608. The second kappa shape index (κ2) is 4.85. The number of imidazole rings is 1. The molecule has 0 spiro atoms. The number of hydrogen-bond acceptors (Lipinski definition) is 3. The van der Waals surface area contributed by atoms with Crippen LogP contribution in [0, 0.1) is 0 Å². The zero-order chi connectivity index (χ0) is 13.2. The van der Waals surface area contributed by atoms with Gasteiger partial charge >= 0.3 is 0 Å². The summed E-state index contributed by atoms with van der Waals surface area (Å²) in [6.07, 6.45) is 4.71. The van der Waals surface area contributed by atoms with Crippen LogP contribution in [-0.2, 0) is 20.0 Å². The maximum absolute atomic E-state index is 5.68. The summed E-state index contributed by atoms with van der Waals surface area (Å²) in [6, 6.07) is 8.18. The molecule has 0 aliphatic heterocycles. The Morgan fingerprint density at radius 1 is 1.26 bits per heavy atom. The highest BCUT2D eigenvalue weighted by Crippen LogP contribution is 2.18. The molecule has 0 fully saturated rings. The molecule has 1 aromatic carbocycles. The van der Waals surface area contributed by atoms with E-state index >= 15 is 0 Å². The first-order valence-electron chi connectivity index (χ1n) is 6.39. The molecule has 3 aromatic rings. The predicted octanol–water partition coefficient (Wildman–Crippen LogP) is 1.32. The first kappa shape index (κ1) is 11.9. The van der Waals surface area contributed by atoms with Crippen LogP contribution in [0.4, 0.5) is 0 Å². The minimum absolute atomic E-state index is 0.608. The molecule has 0 radical (unpaired) electrons. The van der Waals surface area contributed by atoms with E-state index in [-0.39, 0.29) is 0 Å². The Bertz CT molecular complexity index is 695. The zero-order valence-corrected chi connectivity index (χ0v) is 11.0. The van der Waals surface area contributed by atoms with Gasteiger partial charge in [-0.25, -0.2) is 4.98 Å². The Hall–Kier alpha value is -2.14. The van der Waals surface area contributed by atoms with E-state index in [0.717, 1.165) is 29.8 Å². The molecule has 0 atom stereocenters. The van der Waals surface area contributed by atoms with Gasteiger partial charge < -0.3 is 10.3 Å². The van der Waals surface area contributed by atoms with Crippen molar-refractivity contribution in [3.63, 3.8) is 0 Å². The lowest BCUT2D eigenvalue weighted by Crippen LogP contribution is -2.10. The summed E-state index contributed by atoms with van der Waals surface area (Å²) in [7, 11) is 1.93. The molecule has 5 heteroatoms. The number of fused-ring (bicyclic) bond motifs is 1. The maximum atomic E-state index is 5.68. The standard InChI is InChI=1S/C14H17N5/c1-18-9-11(8-16-18)10-19-13-5-3-2-4-12(13)17-14(19)6-7-15/h2-5,8-9H,6-7,10,15H2,1H3. The highest BCUT2D eigenvalue weighted by molar-refractivity contribution is 5.76. The number of hydrogen-bond donors (Lipinski definition) is 1. The van der Waals surface area contributed by atoms with Gasteiger partial charge in [-0.1, -0.05) is 12.1 Å². The number of aromatic nitrogens is 4. The fourth-order valence-electron chi connectivity index (χ4n) is 2.36. The fourth-order valence-corrected chi connectivity index (χ4v) is 2.36. The molecule has 2 heterocycles. The molecule has 0 aliphatic carbocycles. The zero-order valence-electron chi connectivity index (χ0n) is 11.0. The lowest BCUT2D eigenvalue weighted by Gasteiger charge is -2.06. The summed E-state index contributed by atoms with van der Waals surface area (Å²) in [6.45, 7) is 1.39. The van der Waals surface area contributed by atoms with Crippen LogP contribution in [0.1, 0.15) is 11.4 Å². The first-order valence-corrected chi connectivity index (χ1v) is 6.39. The van der Waals surface area contributed by atoms with Crippen LogP contribution in [0.5, 0.6) is 0 Å². The van der Waals surface area contributed by atoms with E-state index in [2.05, 4.69) is 20.7 Å². The van der Waals surface area contributed by atoms with Crippen molar-refractivity contribution in [1.82, 2.24) is 19.3 Å². The van der Waals surface area contributed by atoms with E-state index in [1.807, 2.05) is 42.3 Å². The average molecular weight is 255 g/mol. The van der Waals surface area contributed by atoms with Crippen molar-refractivity contribution in [2.75, 3.05) is 6.54 Å². The van der Waals surface area contributed by atoms with E-state index < -0.39 is 0 Å². The van der Waals surface area contributed by atoms with Crippen LogP contribution in [0.15, 0.2) is 36.7 Å². The Morgan fingerprint density at radius 3 is 2.84 bits per heavy atom. The molecular weight excluding hydrogens is 238 g/mol. The highest BCUT2D eigenvalue weighted by atomic mass is 15.2. The van der Waals surface area contributed by atoms with Gasteiger partial charge in [0.15, 0.2) is 0 Å². The summed E-state index contributed by atoms with van der Waals surface area (Å²) >= 11 is 0. The van der Waals surface area contributed by atoms with Crippen molar-refractivity contribution >= 4 is 11.0 Å². The molecular formula is C14H17N5. The predicted molar refractivity (Wildman–Crippen MR) is 74.8 cm³/mol. The number of nitrogens with two attached hydrogens (primary N) is 1. The lowest BCUT2D eigenvalue weighted by atomic mass is 10.3. The third-order valence-electron chi connectivity index (χ3n) is 3.20. The van der Waals surface area contributed by atoms with Crippen LogP contribution in [0.2, 0.25) is 0 Å². The van der Waals surface area contributed by atoms with E-state index in [1.165, 1.54) is 5.56 Å². The van der Waals surface area contributed by atoms with E-state index in [4.69, 9.17) is 5.73 Å². The Labute approximate surface area is 111 Å². The Morgan fingerprint density at radius 2 is 2.11 bits per heavy atom. The van der Waals surface area contributed by atoms with Gasteiger partial charge in [0.2, 0.25) is 0 Å². The van der Waals surface area contributed by atoms with Crippen molar-refractivity contribution in [2.45, 2.75) is 13.0 Å². The van der Waals surface area contributed by atoms with Gasteiger partial charge in [0.25, 0.3) is 0 Å². The molecule has 0 saturated heterocycles. The Kier molecular flexibility index (Phi) is 3.05. The number of para-hydroxylation sites is 2. The molecule has 98 valence electrons. The van der Waals surface area contributed by atoms with Gasteiger partial charge in [0.1, 0.15) is 5.82 Å². The molecule has 19 heavy (non-hydrogen) atoms. The largest absolute Gasteiger partial charge is 0.330 e. The third kappa shape index (κ3) is 2.24. The number of nitrogens with zero attached hydrogens (tertiary/aromatic N) is 4. The van der Waals surface area contributed by atoms with Gasteiger partial charge in [-0.15, -0.1) is 0 Å². The Balaban J connectivity index is 2.06. The lowest BCUT2D eigenvalue weighted by molar-refractivity contribution is 0.731. The summed E-state index contributed by atoms with van der Waals surface area (Å²) in [4.78, 5) is 4.66. The van der Waals surface area contributed by atoms with E-state index in [1.54, 1.807) is 0 Å². The van der Waals surface area contributed by atoms with E-state index in [9.17, 15) is 0 Å². The minimum Gasteiger partial charge on any atom is -0.330 e. The molecule has 3 rings (SSSR count). The monoisotopic (exact) mass is 255 g/mol. The summed E-state index contributed by atoms with van der Waals surface area (Å²) < 4.78 is 4.04. The molecule has 0 saturated carbocycles. The SMILES string of the molecule is Cn1cc(Cn2c(CCN)nc3ccccc32)cn1. The average Bonchev–Trinajstić information content (AvgIpc) is 2.96. The molecule has 0 unspecified atom stereocenters. The van der Waals surface area contributed by atoms with Gasteiger partial charge in [-0.2, -0.15) is 5.10 Å². The van der Waals surface area contributed by atoms with Crippen LogP contribution in [-0.4, -0.2) is 25.9 Å². The van der Waals surface area contributed by atoms with Gasteiger partial charge in [0, 0.05) is 25.2 Å². The molecule has 0 aliphatic rings. The second-order valence-electron chi connectivity index (χ2n) is 4.66. The van der Waals surface area contributed by atoms with Crippen LogP contribution >= 0.6 is 0 Å². The summed E-state index contributed by atoms with van der Waals surface area (Å²) in [5.74, 6) is 1.03. The van der Waals surface area contributed by atoms with Gasteiger partial charge in [0.05, 0.1) is 23.8 Å². The summed E-state index contributed by atoms with van der Waals surface area (Å²) in [5.41, 5.74) is 9.02. The smallest absolute Gasteiger partial charge is 0.111 e. The van der Waals surface area contributed by atoms with Gasteiger partial charge in [-0.05, 0) is 18.7 Å². The van der Waals surface area contributed by atoms with Crippen molar-refractivity contribution in [1.29, 1.82) is 0 Å².